The van der Waals surface area contributed by atoms with Crippen LogP contribution in [0.3, 0.4) is 0 Å². The van der Waals surface area contributed by atoms with Crippen molar-refractivity contribution in [2.45, 2.75) is 43.8 Å². The molecule has 3 unspecified atom stereocenters. The Morgan fingerprint density at radius 3 is 2.68 bits per heavy atom. The van der Waals surface area contributed by atoms with E-state index in [1.807, 2.05) is 24.3 Å². The second kappa shape index (κ2) is 10.2. The predicted molar refractivity (Wildman–Crippen MR) is 121 cm³/mol. The zero-order valence-corrected chi connectivity index (χ0v) is 18.6. The Morgan fingerprint density at radius 1 is 1.15 bits per heavy atom. The fourth-order valence-corrected chi connectivity index (χ4v) is 4.03. The van der Waals surface area contributed by atoms with Crippen LogP contribution >= 0.6 is 0 Å². The lowest BCUT2D eigenvalue weighted by atomic mass is 10.0. The Kier molecular flexibility index (Phi) is 6.90. The SMILES string of the molecule is COC(=O)C(Cc1c[nH]c2ccccc12)NC(=O)C(Cc1c[nH]cn1)NC(=O)C1CCC(=O)N1. The maximum absolute atomic E-state index is 13.2. The van der Waals surface area contributed by atoms with Gasteiger partial charge in [-0.3, -0.25) is 14.4 Å². The minimum Gasteiger partial charge on any atom is -0.467 e. The van der Waals surface area contributed by atoms with Gasteiger partial charge in [-0.05, 0) is 18.1 Å². The van der Waals surface area contributed by atoms with Crippen molar-refractivity contribution in [1.82, 2.24) is 30.9 Å². The summed E-state index contributed by atoms with van der Waals surface area (Å²) in [6.45, 7) is 0. The average Bonchev–Trinajstić information content (AvgIpc) is 3.59. The summed E-state index contributed by atoms with van der Waals surface area (Å²) >= 11 is 0. The Bertz CT molecular complexity index is 1190. The summed E-state index contributed by atoms with van der Waals surface area (Å²) < 4.78 is 4.92. The van der Waals surface area contributed by atoms with Crippen LogP contribution < -0.4 is 16.0 Å². The smallest absolute Gasteiger partial charge is 0.328 e. The number of carbonyl (C=O) groups excluding carboxylic acids is 4. The molecule has 3 heterocycles. The van der Waals surface area contributed by atoms with Crippen molar-refractivity contribution in [3.8, 4) is 0 Å². The Balaban J connectivity index is 1.51. The highest BCUT2D eigenvalue weighted by Crippen LogP contribution is 2.19. The van der Waals surface area contributed by atoms with E-state index in [9.17, 15) is 19.2 Å². The number of hydrogen-bond donors (Lipinski definition) is 5. The summed E-state index contributed by atoms with van der Waals surface area (Å²) in [7, 11) is 1.25. The van der Waals surface area contributed by atoms with E-state index in [1.54, 1.807) is 12.4 Å². The van der Waals surface area contributed by atoms with Crippen LogP contribution in [0.15, 0.2) is 43.0 Å². The van der Waals surface area contributed by atoms with Crippen LogP contribution in [0.2, 0.25) is 0 Å². The van der Waals surface area contributed by atoms with Crippen LogP contribution in [0.25, 0.3) is 10.9 Å². The molecule has 2 aromatic heterocycles. The number of H-pyrrole nitrogens is 2. The second-order valence-electron chi connectivity index (χ2n) is 8.13. The number of aromatic nitrogens is 3. The number of carbonyl (C=O) groups is 4. The number of ether oxygens (including phenoxy) is 1. The molecular formula is C23H26N6O5. The third-order valence-electron chi connectivity index (χ3n) is 5.81. The number of rotatable bonds is 9. The first kappa shape index (κ1) is 23.0. The molecule has 1 aliphatic rings. The maximum atomic E-state index is 13.2. The van der Waals surface area contributed by atoms with Crippen LogP contribution in [0.1, 0.15) is 24.1 Å². The summed E-state index contributed by atoms with van der Waals surface area (Å²) in [6, 6.07) is 4.95. The molecule has 1 saturated heterocycles. The van der Waals surface area contributed by atoms with Crippen molar-refractivity contribution in [3.05, 3.63) is 54.2 Å². The zero-order chi connectivity index (χ0) is 24.1. The number of fused-ring (bicyclic) bond motifs is 1. The van der Waals surface area contributed by atoms with E-state index in [0.29, 0.717) is 12.1 Å². The highest BCUT2D eigenvalue weighted by atomic mass is 16.5. The highest BCUT2D eigenvalue weighted by Gasteiger charge is 2.33. The molecule has 3 aromatic rings. The molecule has 1 fully saturated rings. The third-order valence-corrected chi connectivity index (χ3v) is 5.81. The standard InChI is InChI=1S/C23H26N6O5/c1-34-23(33)19(8-13-10-25-16-5-3-2-4-15(13)16)29-22(32)18(9-14-11-24-12-26-14)28-21(31)17-6-7-20(30)27-17/h2-5,10-12,17-19,25H,6-9H2,1H3,(H,24,26)(H,27,30)(H,28,31)(H,29,32). The van der Waals surface area contributed by atoms with Gasteiger partial charge in [0.05, 0.1) is 19.1 Å². The van der Waals surface area contributed by atoms with Gasteiger partial charge in [-0.15, -0.1) is 0 Å². The molecule has 4 rings (SSSR count). The fourth-order valence-electron chi connectivity index (χ4n) is 4.03. The van der Waals surface area contributed by atoms with Gasteiger partial charge in [0, 0.05) is 42.6 Å². The first-order valence-electron chi connectivity index (χ1n) is 10.9. The maximum Gasteiger partial charge on any atom is 0.328 e. The molecule has 0 aliphatic carbocycles. The quantitative estimate of drug-likeness (QED) is 0.281. The number of hydrogen-bond acceptors (Lipinski definition) is 6. The van der Waals surface area contributed by atoms with Gasteiger partial charge in [0.2, 0.25) is 17.7 Å². The Morgan fingerprint density at radius 2 is 1.97 bits per heavy atom. The average molecular weight is 466 g/mol. The Hall–Kier alpha value is -4.15. The third kappa shape index (κ3) is 5.25. The van der Waals surface area contributed by atoms with E-state index in [-0.39, 0.29) is 25.2 Å². The van der Waals surface area contributed by atoms with Gasteiger partial charge in [-0.25, -0.2) is 9.78 Å². The normalized spacial score (nSPS) is 17.1. The lowest BCUT2D eigenvalue weighted by molar-refractivity contribution is -0.145. The summed E-state index contributed by atoms with van der Waals surface area (Å²) in [5, 5.41) is 8.93. The molecule has 1 aromatic carbocycles. The largest absolute Gasteiger partial charge is 0.467 e. The lowest BCUT2D eigenvalue weighted by Gasteiger charge is -2.23. The number of benzene rings is 1. The van der Waals surface area contributed by atoms with Crippen molar-refractivity contribution in [2.24, 2.45) is 0 Å². The number of imidazole rings is 1. The topological polar surface area (TPSA) is 158 Å². The molecule has 1 aliphatic heterocycles. The minimum absolute atomic E-state index is 0.0999. The summed E-state index contributed by atoms with van der Waals surface area (Å²) in [5.41, 5.74) is 2.31. The van der Waals surface area contributed by atoms with E-state index in [1.165, 1.54) is 13.4 Å². The van der Waals surface area contributed by atoms with Gasteiger partial charge in [0.25, 0.3) is 0 Å². The first-order valence-corrected chi connectivity index (χ1v) is 10.9. The van der Waals surface area contributed by atoms with Crippen LogP contribution in [-0.4, -0.2) is 63.9 Å². The number of esters is 1. The molecule has 0 spiro atoms. The molecule has 0 bridgehead atoms. The second-order valence-corrected chi connectivity index (χ2v) is 8.13. The van der Waals surface area contributed by atoms with Gasteiger partial charge in [-0.2, -0.15) is 0 Å². The summed E-state index contributed by atoms with van der Waals surface area (Å²) in [5.74, 6) is -1.84. The molecular weight excluding hydrogens is 440 g/mol. The van der Waals surface area contributed by atoms with E-state index in [0.717, 1.165) is 16.5 Å². The summed E-state index contributed by atoms with van der Waals surface area (Å²) in [6.07, 6.45) is 5.78. The van der Waals surface area contributed by atoms with Crippen LogP contribution in [0.5, 0.6) is 0 Å². The van der Waals surface area contributed by atoms with Gasteiger partial charge in [0.15, 0.2) is 0 Å². The van der Waals surface area contributed by atoms with E-state index >= 15 is 0 Å². The monoisotopic (exact) mass is 466 g/mol. The highest BCUT2D eigenvalue weighted by molar-refractivity contribution is 5.95. The van der Waals surface area contributed by atoms with E-state index in [2.05, 4.69) is 30.9 Å². The number of amides is 3. The number of nitrogens with zero attached hydrogens (tertiary/aromatic N) is 1. The van der Waals surface area contributed by atoms with Crippen molar-refractivity contribution < 1.29 is 23.9 Å². The molecule has 0 radical (unpaired) electrons. The number of nitrogens with one attached hydrogen (secondary N) is 5. The van der Waals surface area contributed by atoms with Crippen molar-refractivity contribution in [3.63, 3.8) is 0 Å². The fraction of sp³-hybridized carbons (Fsp3) is 0.348. The van der Waals surface area contributed by atoms with Crippen molar-refractivity contribution in [2.75, 3.05) is 7.11 Å². The number of methoxy groups -OCH3 is 1. The molecule has 11 heteroatoms. The Labute approximate surface area is 195 Å². The molecule has 5 N–H and O–H groups in total. The van der Waals surface area contributed by atoms with Gasteiger partial charge in [0.1, 0.15) is 18.1 Å². The van der Waals surface area contributed by atoms with Crippen LogP contribution in [0.4, 0.5) is 0 Å². The predicted octanol–water partition coefficient (Wildman–Crippen LogP) is 0.0974. The molecule has 3 atom stereocenters. The van der Waals surface area contributed by atoms with E-state index in [4.69, 9.17) is 4.74 Å². The lowest BCUT2D eigenvalue weighted by Crippen LogP contribution is -2.55. The van der Waals surface area contributed by atoms with Crippen molar-refractivity contribution >= 4 is 34.6 Å². The number of para-hydroxylation sites is 1. The molecule has 0 saturated carbocycles. The van der Waals surface area contributed by atoms with Gasteiger partial charge >= 0.3 is 5.97 Å². The molecule has 3 amide bonds. The van der Waals surface area contributed by atoms with Crippen LogP contribution in [-0.2, 0) is 36.8 Å². The van der Waals surface area contributed by atoms with Crippen LogP contribution in [0, 0.1) is 0 Å². The molecule has 34 heavy (non-hydrogen) atoms. The van der Waals surface area contributed by atoms with E-state index < -0.39 is 35.9 Å². The van der Waals surface area contributed by atoms with Gasteiger partial charge in [-0.1, -0.05) is 18.2 Å². The van der Waals surface area contributed by atoms with Crippen molar-refractivity contribution in [1.29, 1.82) is 0 Å². The number of aromatic amines is 2. The first-order chi connectivity index (χ1) is 16.4. The molecule has 178 valence electrons. The minimum atomic E-state index is -1.01. The van der Waals surface area contributed by atoms with Gasteiger partial charge < -0.3 is 30.7 Å². The summed E-state index contributed by atoms with van der Waals surface area (Å²) in [4.78, 5) is 60.0. The molecule has 11 nitrogen and oxygen atoms in total. The zero-order valence-electron chi connectivity index (χ0n) is 18.6.